The van der Waals surface area contributed by atoms with Crippen molar-refractivity contribution in [2.45, 2.75) is 32.7 Å². The summed E-state index contributed by atoms with van der Waals surface area (Å²) in [7, 11) is 0. The summed E-state index contributed by atoms with van der Waals surface area (Å²) >= 11 is 0. The Bertz CT molecular complexity index is 99.2. The van der Waals surface area contributed by atoms with Gasteiger partial charge in [0.25, 0.3) is 0 Å². The fourth-order valence-corrected chi connectivity index (χ4v) is 0.823. The van der Waals surface area contributed by atoms with E-state index in [4.69, 9.17) is 10.5 Å². The van der Waals surface area contributed by atoms with E-state index in [1.54, 1.807) is 0 Å². The van der Waals surface area contributed by atoms with Gasteiger partial charge in [-0.2, -0.15) is 0 Å². The van der Waals surface area contributed by atoms with E-state index in [0.717, 1.165) is 19.6 Å². The normalized spacial score (nSPS) is 12.0. The molecule has 0 saturated carbocycles. The molecule has 0 aromatic carbocycles. The van der Waals surface area contributed by atoms with Crippen LogP contribution in [0, 0.1) is 0 Å². The summed E-state index contributed by atoms with van der Waals surface area (Å²) in [5, 5.41) is 3.39. The predicted molar refractivity (Wildman–Crippen MR) is 52.2 cm³/mol. The lowest BCUT2D eigenvalue weighted by Gasteiger charge is -2.20. The third-order valence-electron chi connectivity index (χ3n) is 1.38. The summed E-state index contributed by atoms with van der Waals surface area (Å²) in [4.78, 5) is 0. The Kier molecular flexibility index (Phi) is 6.34. The highest BCUT2D eigenvalue weighted by Crippen LogP contribution is 1.97. The van der Waals surface area contributed by atoms with E-state index in [2.05, 4.69) is 26.1 Å². The van der Waals surface area contributed by atoms with E-state index in [9.17, 15) is 0 Å². The molecule has 0 aliphatic carbocycles. The molecule has 0 aliphatic rings. The van der Waals surface area contributed by atoms with Gasteiger partial charge < -0.3 is 15.8 Å². The monoisotopic (exact) mass is 174 g/mol. The van der Waals surface area contributed by atoms with Crippen molar-refractivity contribution >= 4 is 0 Å². The molecule has 0 heterocycles. The zero-order valence-corrected chi connectivity index (χ0v) is 8.52. The second kappa shape index (κ2) is 6.40. The average molecular weight is 174 g/mol. The minimum absolute atomic E-state index is 0.216. The number of nitrogens with two attached hydrogens (primary N) is 1. The minimum Gasteiger partial charge on any atom is -0.380 e. The van der Waals surface area contributed by atoms with Crippen molar-refractivity contribution in [2.24, 2.45) is 5.73 Å². The lowest BCUT2D eigenvalue weighted by atomic mass is 10.1. The van der Waals surface area contributed by atoms with Crippen LogP contribution in [0.15, 0.2) is 0 Å². The van der Waals surface area contributed by atoms with Crippen molar-refractivity contribution in [3.05, 3.63) is 0 Å². The van der Waals surface area contributed by atoms with E-state index < -0.39 is 0 Å². The number of rotatable bonds is 6. The molecular formula is C9H22N2O. The van der Waals surface area contributed by atoms with Crippen molar-refractivity contribution in [2.75, 3.05) is 26.3 Å². The summed E-state index contributed by atoms with van der Waals surface area (Å²) in [6.07, 6.45) is 1.05. The molecule has 0 amide bonds. The Morgan fingerprint density at radius 3 is 2.42 bits per heavy atom. The summed E-state index contributed by atoms with van der Waals surface area (Å²) in [5.74, 6) is 0. The summed E-state index contributed by atoms with van der Waals surface area (Å²) in [6.45, 7) is 9.59. The van der Waals surface area contributed by atoms with Crippen LogP contribution < -0.4 is 11.1 Å². The molecule has 0 aromatic rings. The van der Waals surface area contributed by atoms with Crippen LogP contribution in [0.1, 0.15) is 27.2 Å². The Morgan fingerprint density at radius 2 is 1.92 bits per heavy atom. The Morgan fingerprint density at radius 1 is 1.25 bits per heavy atom. The zero-order valence-electron chi connectivity index (χ0n) is 8.52. The number of nitrogens with one attached hydrogen (secondary N) is 1. The van der Waals surface area contributed by atoms with E-state index >= 15 is 0 Å². The van der Waals surface area contributed by atoms with E-state index in [-0.39, 0.29) is 5.54 Å². The van der Waals surface area contributed by atoms with E-state index in [1.165, 1.54) is 0 Å². The van der Waals surface area contributed by atoms with Gasteiger partial charge >= 0.3 is 0 Å². The Hall–Kier alpha value is -0.120. The van der Waals surface area contributed by atoms with Crippen molar-refractivity contribution in [3.8, 4) is 0 Å². The van der Waals surface area contributed by atoms with Gasteiger partial charge in [-0.1, -0.05) is 0 Å². The molecule has 74 valence electrons. The SMILES string of the molecule is CC(C)(C)NCCCOCCN. The third-order valence-corrected chi connectivity index (χ3v) is 1.38. The molecule has 0 fully saturated rings. The van der Waals surface area contributed by atoms with Gasteiger partial charge in [0, 0.05) is 18.7 Å². The maximum absolute atomic E-state index is 5.27. The molecule has 0 aliphatic heterocycles. The quantitative estimate of drug-likeness (QED) is 0.584. The van der Waals surface area contributed by atoms with Crippen LogP contribution in [0.3, 0.4) is 0 Å². The zero-order chi connectivity index (χ0) is 9.45. The number of hydrogen-bond donors (Lipinski definition) is 2. The van der Waals surface area contributed by atoms with E-state index in [1.807, 2.05) is 0 Å². The number of hydrogen-bond acceptors (Lipinski definition) is 3. The highest BCUT2D eigenvalue weighted by molar-refractivity contribution is 4.69. The van der Waals surface area contributed by atoms with Gasteiger partial charge in [0.1, 0.15) is 0 Å². The fraction of sp³-hybridized carbons (Fsp3) is 1.00. The molecule has 0 bridgehead atoms. The van der Waals surface area contributed by atoms with E-state index in [0.29, 0.717) is 13.2 Å². The molecule has 0 saturated heterocycles. The topological polar surface area (TPSA) is 47.3 Å². The molecule has 0 aromatic heterocycles. The van der Waals surface area contributed by atoms with Gasteiger partial charge in [0.05, 0.1) is 6.61 Å². The predicted octanol–water partition coefficient (Wildman–Crippen LogP) is 0.740. The Balaban J connectivity index is 3.01. The number of ether oxygens (including phenoxy) is 1. The molecular weight excluding hydrogens is 152 g/mol. The van der Waals surface area contributed by atoms with Gasteiger partial charge in [-0.05, 0) is 33.7 Å². The second-order valence-corrected chi connectivity index (χ2v) is 3.93. The van der Waals surface area contributed by atoms with Crippen LogP contribution in [-0.4, -0.2) is 31.8 Å². The smallest absolute Gasteiger partial charge is 0.0588 e. The standard InChI is InChI=1S/C9H22N2O/c1-9(2,3)11-6-4-7-12-8-5-10/h11H,4-8,10H2,1-3H3. The molecule has 0 radical (unpaired) electrons. The summed E-state index contributed by atoms with van der Waals surface area (Å²) in [6, 6.07) is 0. The second-order valence-electron chi connectivity index (χ2n) is 3.93. The molecule has 0 rings (SSSR count). The summed E-state index contributed by atoms with van der Waals surface area (Å²) < 4.78 is 5.23. The molecule has 3 N–H and O–H groups in total. The van der Waals surface area contributed by atoms with Crippen LogP contribution in [0.2, 0.25) is 0 Å². The first kappa shape index (κ1) is 11.9. The lowest BCUT2D eigenvalue weighted by molar-refractivity contribution is 0.137. The first-order valence-corrected chi connectivity index (χ1v) is 4.59. The highest BCUT2D eigenvalue weighted by atomic mass is 16.5. The first-order chi connectivity index (χ1) is 5.56. The van der Waals surface area contributed by atoms with Gasteiger partial charge in [0.15, 0.2) is 0 Å². The van der Waals surface area contributed by atoms with Crippen molar-refractivity contribution < 1.29 is 4.74 Å². The average Bonchev–Trinajstić information content (AvgIpc) is 1.94. The van der Waals surface area contributed by atoms with Crippen LogP contribution >= 0.6 is 0 Å². The highest BCUT2D eigenvalue weighted by Gasteiger charge is 2.06. The van der Waals surface area contributed by atoms with Gasteiger partial charge in [-0.25, -0.2) is 0 Å². The molecule has 0 atom stereocenters. The van der Waals surface area contributed by atoms with Crippen molar-refractivity contribution in [1.82, 2.24) is 5.32 Å². The van der Waals surface area contributed by atoms with Crippen LogP contribution in [0.5, 0.6) is 0 Å². The van der Waals surface area contributed by atoms with Crippen LogP contribution in [-0.2, 0) is 4.74 Å². The molecule has 0 unspecified atom stereocenters. The Labute approximate surface area is 75.7 Å². The summed E-state index contributed by atoms with van der Waals surface area (Å²) in [5.41, 5.74) is 5.49. The molecule has 3 nitrogen and oxygen atoms in total. The molecule has 0 spiro atoms. The van der Waals surface area contributed by atoms with Gasteiger partial charge in [-0.15, -0.1) is 0 Å². The van der Waals surface area contributed by atoms with Crippen LogP contribution in [0.25, 0.3) is 0 Å². The van der Waals surface area contributed by atoms with Gasteiger partial charge in [0.2, 0.25) is 0 Å². The third kappa shape index (κ3) is 9.88. The minimum atomic E-state index is 0.216. The lowest BCUT2D eigenvalue weighted by Crippen LogP contribution is -2.36. The first-order valence-electron chi connectivity index (χ1n) is 4.59. The molecule has 3 heteroatoms. The van der Waals surface area contributed by atoms with Crippen LogP contribution in [0.4, 0.5) is 0 Å². The van der Waals surface area contributed by atoms with Gasteiger partial charge in [-0.3, -0.25) is 0 Å². The largest absolute Gasteiger partial charge is 0.380 e. The van der Waals surface area contributed by atoms with Crippen molar-refractivity contribution in [3.63, 3.8) is 0 Å². The van der Waals surface area contributed by atoms with Crippen molar-refractivity contribution in [1.29, 1.82) is 0 Å². The maximum Gasteiger partial charge on any atom is 0.0588 e. The molecule has 12 heavy (non-hydrogen) atoms. The maximum atomic E-state index is 5.27. The fourth-order valence-electron chi connectivity index (χ4n) is 0.823.